The minimum Gasteiger partial charge on any atom is -0.467 e. The molecule has 6 heteroatoms. The zero-order valence-electron chi connectivity index (χ0n) is 15.7. The van der Waals surface area contributed by atoms with Gasteiger partial charge in [0.15, 0.2) is 0 Å². The predicted octanol–water partition coefficient (Wildman–Crippen LogP) is 4.64. The van der Waals surface area contributed by atoms with E-state index in [9.17, 15) is 9.59 Å². The molecule has 0 bridgehead atoms. The van der Waals surface area contributed by atoms with Crippen LogP contribution in [-0.4, -0.2) is 15.8 Å². The zero-order valence-corrected chi connectivity index (χ0v) is 16.5. The fourth-order valence-corrected chi connectivity index (χ4v) is 3.98. The first kappa shape index (κ1) is 18.3. The van der Waals surface area contributed by atoms with Crippen LogP contribution in [0.4, 0.5) is 0 Å². The molecule has 0 aliphatic carbocycles. The van der Waals surface area contributed by atoms with Gasteiger partial charge in [-0.25, -0.2) is 0 Å². The second kappa shape index (κ2) is 7.48. The number of furan rings is 1. The molecule has 3 aromatic heterocycles. The van der Waals surface area contributed by atoms with E-state index in [4.69, 9.17) is 4.42 Å². The van der Waals surface area contributed by atoms with Crippen molar-refractivity contribution in [2.75, 3.05) is 0 Å². The molecule has 0 aliphatic heterocycles. The molecule has 1 aromatic carbocycles. The van der Waals surface area contributed by atoms with Crippen molar-refractivity contribution in [1.29, 1.82) is 0 Å². The number of thiophene rings is 1. The molecular formula is C22H20N2O3S. The molecule has 142 valence electrons. The summed E-state index contributed by atoms with van der Waals surface area (Å²) in [4.78, 5) is 31.0. The first-order chi connectivity index (χ1) is 13.5. The Morgan fingerprint density at radius 1 is 1.11 bits per heavy atom. The summed E-state index contributed by atoms with van der Waals surface area (Å²) < 4.78 is 5.43. The number of aryl methyl sites for hydroxylation is 2. The van der Waals surface area contributed by atoms with E-state index in [1.165, 1.54) is 11.3 Å². The predicted molar refractivity (Wildman–Crippen MR) is 111 cm³/mol. The molecule has 28 heavy (non-hydrogen) atoms. The van der Waals surface area contributed by atoms with E-state index in [-0.39, 0.29) is 18.0 Å². The molecule has 0 unspecified atom stereocenters. The molecule has 3 heterocycles. The standard InChI is InChI=1S/C22H20N2O3S/c1-14-7-8-15(2)20-18(14)11-16(21(25)23-20)12-24(13-17-5-3-9-27-17)22(26)19-6-4-10-28-19/h3-11H,12-13H2,1-2H3,(H,23,25). The van der Waals surface area contributed by atoms with Crippen LogP contribution in [-0.2, 0) is 13.1 Å². The Kier molecular flexibility index (Phi) is 4.88. The molecule has 0 atom stereocenters. The number of H-pyrrole nitrogens is 1. The molecule has 0 fully saturated rings. The van der Waals surface area contributed by atoms with Crippen molar-refractivity contribution >= 4 is 28.1 Å². The Hall–Kier alpha value is -3.12. The number of carbonyl (C=O) groups is 1. The average Bonchev–Trinajstić information content (AvgIpc) is 3.39. The molecule has 0 aliphatic rings. The third-order valence-corrected chi connectivity index (χ3v) is 5.69. The second-order valence-corrected chi connectivity index (χ2v) is 7.78. The number of hydrogen-bond donors (Lipinski definition) is 1. The van der Waals surface area contributed by atoms with Crippen LogP contribution in [0.2, 0.25) is 0 Å². The maximum atomic E-state index is 13.0. The molecule has 5 nitrogen and oxygen atoms in total. The first-order valence-corrected chi connectivity index (χ1v) is 9.88. The topological polar surface area (TPSA) is 66.3 Å². The van der Waals surface area contributed by atoms with Gasteiger partial charge in [0, 0.05) is 10.9 Å². The number of carbonyl (C=O) groups excluding carboxylic acids is 1. The lowest BCUT2D eigenvalue weighted by Crippen LogP contribution is -2.32. The molecule has 4 rings (SSSR count). The van der Waals surface area contributed by atoms with Crippen molar-refractivity contribution in [2.24, 2.45) is 0 Å². The normalized spacial score (nSPS) is 11.1. The van der Waals surface area contributed by atoms with E-state index in [2.05, 4.69) is 4.98 Å². The van der Waals surface area contributed by atoms with Gasteiger partial charge >= 0.3 is 0 Å². The van der Waals surface area contributed by atoms with E-state index in [1.807, 2.05) is 49.6 Å². The third kappa shape index (κ3) is 3.51. The summed E-state index contributed by atoms with van der Waals surface area (Å²) >= 11 is 1.39. The number of fused-ring (bicyclic) bond motifs is 1. The van der Waals surface area contributed by atoms with Crippen LogP contribution in [0.1, 0.15) is 32.1 Å². The minimum atomic E-state index is -0.176. The van der Waals surface area contributed by atoms with Crippen LogP contribution >= 0.6 is 11.3 Å². The Morgan fingerprint density at radius 2 is 1.93 bits per heavy atom. The van der Waals surface area contributed by atoms with Gasteiger partial charge in [0.2, 0.25) is 0 Å². The Balaban J connectivity index is 1.74. The molecular weight excluding hydrogens is 372 g/mol. The largest absolute Gasteiger partial charge is 0.467 e. The van der Waals surface area contributed by atoms with Crippen LogP contribution in [0.25, 0.3) is 10.9 Å². The highest BCUT2D eigenvalue weighted by atomic mass is 32.1. The van der Waals surface area contributed by atoms with Gasteiger partial charge in [-0.05, 0) is 54.6 Å². The summed E-state index contributed by atoms with van der Waals surface area (Å²) in [5.74, 6) is 0.556. The smallest absolute Gasteiger partial charge is 0.264 e. The zero-order chi connectivity index (χ0) is 19.7. The van der Waals surface area contributed by atoms with E-state index >= 15 is 0 Å². The van der Waals surface area contributed by atoms with E-state index in [0.717, 1.165) is 22.0 Å². The number of rotatable bonds is 5. The third-order valence-electron chi connectivity index (χ3n) is 4.83. The van der Waals surface area contributed by atoms with Gasteiger partial charge in [0.1, 0.15) is 5.76 Å². The van der Waals surface area contributed by atoms with Gasteiger partial charge < -0.3 is 14.3 Å². The van der Waals surface area contributed by atoms with Crippen LogP contribution in [0.3, 0.4) is 0 Å². The molecule has 0 radical (unpaired) electrons. The van der Waals surface area contributed by atoms with Gasteiger partial charge in [-0.2, -0.15) is 0 Å². The van der Waals surface area contributed by atoms with Crippen molar-refractivity contribution in [3.05, 3.63) is 91.8 Å². The van der Waals surface area contributed by atoms with Crippen molar-refractivity contribution in [1.82, 2.24) is 9.88 Å². The summed E-state index contributed by atoms with van der Waals surface area (Å²) in [5.41, 5.74) is 3.32. The fraction of sp³-hybridized carbons (Fsp3) is 0.182. The van der Waals surface area contributed by atoms with Crippen molar-refractivity contribution in [3.63, 3.8) is 0 Å². The number of pyridine rings is 1. The average molecular weight is 392 g/mol. The van der Waals surface area contributed by atoms with Gasteiger partial charge in [0.25, 0.3) is 11.5 Å². The molecule has 1 amide bonds. The SMILES string of the molecule is Cc1ccc(C)c2[nH]c(=O)c(CN(Cc3ccco3)C(=O)c3cccs3)cc12. The number of aromatic nitrogens is 1. The van der Waals surface area contributed by atoms with Gasteiger partial charge in [-0.3, -0.25) is 9.59 Å². The quantitative estimate of drug-likeness (QED) is 0.538. The van der Waals surface area contributed by atoms with Gasteiger partial charge in [-0.1, -0.05) is 18.2 Å². The van der Waals surface area contributed by atoms with Crippen molar-refractivity contribution < 1.29 is 9.21 Å². The maximum Gasteiger partial charge on any atom is 0.264 e. The lowest BCUT2D eigenvalue weighted by Gasteiger charge is -2.21. The summed E-state index contributed by atoms with van der Waals surface area (Å²) in [5, 5.41) is 2.86. The molecule has 0 saturated heterocycles. The monoisotopic (exact) mass is 392 g/mol. The van der Waals surface area contributed by atoms with Crippen LogP contribution in [0.5, 0.6) is 0 Å². The van der Waals surface area contributed by atoms with E-state index in [0.29, 0.717) is 22.7 Å². The van der Waals surface area contributed by atoms with Crippen molar-refractivity contribution in [2.45, 2.75) is 26.9 Å². The highest BCUT2D eigenvalue weighted by Crippen LogP contribution is 2.22. The van der Waals surface area contributed by atoms with Crippen molar-refractivity contribution in [3.8, 4) is 0 Å². The number of amides is 1. The minimum absolute atomic E-state index is 0.119. The summed E-state index contributed by atoms with van der Waals surface area (Å²) in [6.07, 6.45) is 1.58. The highest BCUT2D eigenvalue weighted by molar-refractivity contribution is 7.12. The Bertz CT molecular complexity index is 1170. The van der Waals surface area contributed by atoms with Crippen LogP contribution in [0, 0.1) is 13.8 Å². The van der Waals surface area contributed by atoms with Gasteiger partial charge in [0.05, 0.1) is 29.7 Å². The Morgan fingerprint density at radius 3 is 2.64 bits per heavy atom. The second-order valence-electron chi connectivity index (χ2n) is 6.83. The summed E-state index contributed by atoms with van der Waals surface area (Å²) in [6, 6.07) is 13.2. The Labute approximate surface area is 166 Å². The lowest BCUT2D eigenvalue weighted by molar-refractivity contribution is 0.0722. The summed E-state index contributed by atoms with van der Waals surface area (Å²) in [6.45, 7) is 4.49. The summed E-state index contributed by atoms with van der Waals surface area (Å²) in [7, 11) is 0. The first-order valence-electron chi connectivity index (χ1n) is 9.00. The van der Waals surface area contributed by atoms with E-state index < -0.39 is 0 Å². The lowest BCUT2D eigenvalue weighted by atomic mass is 10.0. The van der Waals surface area contributed by atoms with Gasteiger partial charge in [-0.15, -0.1) is 11.3 Å². The molecule has 1 N–H and O–H groups in total. The number of hydrogen-bond acceptors (Lipinski definition) is 4. The molecule has 0 saturated carbocycles. The fourth-order valence-electron chi connectivity index (χ4n) is 3.29. The number of nitrogens with one attached hydrogen (secondary N) is 1. The molecule has 4 aromatic rings. The van der Waals surface area contributed by atoms with Crippen LogP contribution in [0.15, 0.2) is 63.3 Å². The number of benzene rings is 1. The number of nitrogens with zero attached hydrogens (tertiary/aromatic N) is 1. The van der Waals surface area contributed by atoms with Crippen LogP contribution < -0.4 is 5.56 Å². The van der Waals surface area contributed by atoms with E-state index in [1.54, 1.807) is 23.3 Å². The highest BCUT2D eigenvalue weighted by Gasteiger charge is 2.20. The maximum absolute atomic E-state index is 13.0. The number of aromatic amines is 1. The molecule has 0 spiro atoms.